The number of aliphatic hydroxyl groups is 1. The highest BCUT2D eigenvalue weighted by Gasteiger charge is 2.18. The summed E-state index contributed by atoms with van der Waals surface area (Å²) in [6.07, 6.45) is 3.28. The van der Waals surface area contributed by atoms with E-state index in [0.29, 0.717) is 17.0 Å². The van der Waals surface area contributed by atoms with Gasteiger partial charge in [0.1, 0.15) is 0 Å². The van der Waals surface area contributed by atoms with Gasteiger partial charge in [0, 0.05) is 18.1 Å². The van der Waals surface area contributed by atoms with Crippen LogP contribution >= 0.6 is 18.5 Å². The standard InChI is InChI=1S/C15H17FN6OP2/c16-15(24,25)10-1-3-11(4-2-10)18-13-5-6-17-9-12(13)14-19-21-22(20-14)7-8-23/h1-6,9,23H,7-8,24-25H2,(H,17,18). The van der Waals surface area contributed by atoms with Crippen LogP contribution in [0.5, 0.6) is 0 Å². The Hall–Kier alpha value is -2.01. The summed E-state index contributed by atoms with van der Waals surface area (Å²) < 4.78 is 13.9. The molecule has 0 aliphatic carbocycles. The lowest BCUT2D eigenvalue weighted by Crippen LogP contribution is -2.05. The molecule has 3 rings (SSSR count). The Kier molecular flexibility index (Phi) is 5.33. The molecule has 0 saturated heterocycles. The third kappa shape index (κ3) is 4.34. The van der Waals surface area contributed by atoms with Gasteiger partial charge in [-0.15, -0.1) is 10.2 Å². The maximum absolute atomic E-state index is 13.9. The summed E-state index contributed by atoms with van der Waals surface area (Å²) in [7, 11) is 4.28. The van der Waals surface area contributed by atoms with Crippen LogP contribution in [0.1, 0.15) is 5.56 Å². The van der Waals surface area contributed by atoms with Crippen LogP contribution in [0.15, 0.2) is 42.7 Å². The van der Waals surface area contributed by atoms with Gasteiger partial charge >= 0.3 is 0 Å². The molecule has 0 saturated carbocycles. The Morgan fingerprint density at radius 3 is 2.64 bits per heavy atom. The Balaban J connectivity index is 1.85. The maximum Gasteiger partial charge on any atom is 0.208 e. The summed E-state index contributed by atoms with van der Waals surface area (Å²) in [5, 5.41) is 22.7. The van der Waals surface area contributed by atoms with E-state index in [1.165, 1.54) is 4.80 Å². The first-order valence-corrected chi connectivity index (χ1v) is 8.60. The van der Waals surface area contributed by atoms with Crippen LogP contribution in [-0.2, 0) is 11.7 Å². The van der Waals surface area contributed by atoms with Crippen molar-refractivity contribution in [3.63, 3.8) is 0 Å². The van der Waals surface area contributed by atoms with Crippen molar-refractivity contribution >= 4 is 29.9 Å². The predicted molar refractivity (Wildman–Crippen MR) is 100 cm³/mol. The summed E-state index contributed by atoms with van der Waals surface area (Å²) in [5.41, 5.74) is 2.75. The number of nitrogens with one attached hydrogen (secondary N) is 1. The molecule has 0 spiro atoms. The Labute approximate surface area is 148 Å². The van der Waals surface area contributed by atoms with Crippen molar-refractivity contribution in [2.45, 2.75) is 11.7 Å². The SMILES string of the molecule is OCCn1nnc(-c2cnccc2Nc2ccc(C(F)(P)P)cc2)n1. The zero-order chi connectivity index (χ0) is 17.9. The van der Waals surface area contributed by atoms with Crippen LogP contribution in [-0.4, -0.2) is 36.9 Å². The van der Waals surface area contributed by atoms with E-state index in [0.717, 1.165) is 11.4 Å². The van der Waals surface area contributed by atoms with E-state index in [9.17, 15) is 4.39 Å². The number of anilines is 2. The molecule has 0 bridgehead atoms. The van der Waals surface area contributed by atoms with Crippen LogP contribution in [0.25, 0.3) is 11.4 Å². The number of benzene rings is 1. The molecule has 3 aromatic rings. The van der Waals surface area contributed by atoms with Crippen molar-refractivity contribution in [2.24, 2.45) is 0 Å². The number of aliphatic hydroxyl groups excluding tert-OH is 1. The molecule has 130 valence electrons. The van der Waals surface area contributed by atoms with E-state index >= 15 is 0 Å². The fraction of sp³-hybridized carbons (Fsp3) is 0.200. The lowest BCUT2D eigenvalue weighted by atomic mass is 10.2. The first kappa shape index (κ1) is 17.8. The predicted octanol–water partition coefficient (Wildman–Crippen LogP) is 2.30. The molecule has 25 heavy (non-hydrogen) atoms. The smallest absolute Gasteiger partial charge is 0.208 e. The molecular weight excluding hydrogens is 361 g/mol. The fourth-order valence-corrected chi connectivity index (χ4v) is 2.57. The lowest BCUT2D eigenvalue weighted by Gasteiger charge is -2.15. The van der Waals surface area contributed by atoms with Crippen molar-refractivity contribution in [2.75, 3.05) is 11.9 Å². The molecule has 1 aromatic carbocycles. The maximum atomic E-state index is 13.9. The quantitative estimate of drug-likeness (QED) is 0.640. The minimum Gasteiger partial charge on any atom is -0.394 e. The molecule has 0 radical (unpaired) electrons. The van der Waals surface area contributed by atoms with E-state index in [1.807, 2.05) is 0 Å². The van der Waals surface area contributed by atoms with Crippen LogP contribution < -0.4 is 5.32 Å². The second kappa shape index (κ2) is 7.48. The number of rotatable bonds is 6. The molecular formula is C15H17FN6OP2. The van der Waals surface area contributed by atoms with Gasteiger partial charge in [-0.05, 0) is 29.0 Å². The number of aromatic nitrogens is 5. The van der Waals surface area contributed by atoms with E-state index in [4.69, 9.17) is 5.11 Å². The van der Waals surface area contributed by atoms with Crippen LogP contribution in [0, 0.1) is 0 Å². The van der Waals surface area contributed by atoms with Gasteiger partial charge < -0.3 is 10.4 Å². The van der Waals surface area contributed by atoms with Gasteiger partial charge in [-0.3, -0.25) is 4.98 Å². The molecule has 7 nitrogen and oxygen atoms in total. The second-order valence-corrected chi connectivity index (χ2v) is 7.67. The van der Waals surface area contributed by atoms with Gasteiger partial charge in [0.2, 0.25) is 5.82 Å². The molecule has 0 aliphatic heterocycles. The van der Waals surface area contributed by atoms with Crippen molar-refractivity contribution in [3.8, 4) is 11.4 Å². The average Bonchev–Trinajstić information content (AvgIpc) is 3.04. The van der Waals surface area contributed by atoms with Crippen LogP contribution in [0.2, 0.25) is 0 Å². The van der Waals surface area contributed by atoms with E-state index < -0.39 is 5.15 Å². The molecule has 2 aromatic heterocycles. The molecule has 2 heterocycles. The number of hydrogen-bond donors (Lipinski definition) is 2. The van der Waals surface area contributed by atoms with Crippen molar-refractivity contribution in [3.05, 3.63) is 48.3 Å². The van der Waals surface area contributed by atoms with Gasteiger partial charge in [0.05, 0.1) is 24.4 Å². The summed E-state index contributed by atoms with van der Waals surface area (Å²) in [5.74, 6) is 0.401. The third-order valence-corrected chi connectivity index (χ3v) is 4.09. The largest absolute Gasteiger partial charge is 0.394 e. The molecule has 0 fully saturated rings. The summed E-state index contributed by atoms with van der Waals surface area (Å²) in [6.45, 7) is 0.203. The number of alkyl halides is 1. The monoisotopic (exact) mass is 378 g/mol. The number of tetrazole rings is 1. The first-order chi connectivity index (χ1) is 12.0. The third-order valence-electron chi connectivity index (χ3n) is 3.42. The number of hydrogen-bond acceptors (Lipinski definition) is 6. The first-order valence-electron chi connectivity index (χ1n) is 7.44. The Morgan fingerprint density at radius 1 is 1.20 bits per heavy atom. The van der Waals surface area contributed by atoms with Crippen LogP contribution in [0.4, 0.5) is 15.8 Å². The molecule has 0 aliphatic rings. The molecule has 10 heteroatoms. The number of pyridine rings is 1. The fourth-order valence-electron chi connectivity index (χ4n) is 2.18. The van der Waals surface area contributed by atoms with E-state index in [-0.39, 0.29) is 13.2 Å². The zero-order valence-electron chi connectivity index (χ0n) is 13.2. The number of nitrogens with zero attached hydrogens (tertiary/aromatic N) is 5. The molecule has 0 amide bonds. The highest BCUT2D eigenvalue weighted by Crippen LogP contribution is 2.40. The number of halogens is 1. The molecule has 2 unspecified atom stereocenters. The van der Waals surface area contributed by atoms with Gasteiger partial charge in [-0.1, -0.05) is 30.6 Å². The lowest BCUT2D eigenvalue weighted by molar-refractivity contribution is 0.259. The Morgan fingerprint density at radius 2 is 1.96 bits per heavy atom. The summed E-state index contributed by atoms with van der Waals surface area (Å²) in [4.78, 5) is 5.42. The van der Waals surface area contributed by atoms with Gasteiger partial charge in [0.25, 0.3) is 0 Å². The van der Waals surface area contributed by atoms with Gasteiger partial charge in [-0.25, -0.2) is 4.39 Å². The highest BCUT2D eigenvalue weighted by molar-refractivity contribution is 7.38. The van der Waals surface area contributed by atoms with Crippen molar-refractivity contribution in [1.82, 2.24) is 25.2 Å². The Bertz CT molecular complexity index is 850. The van der Waals surface area contributed by atoms with Crippen LogP contribution in [0.3, 0.4) is 0 Å². The average molecular weight is 378 g/mol. The second-order valence-electron chi connectivity index (χ2n) is 5.32. The minimum atomic E-state index is -1.55. The molecule has 2 N–H and O–H groups in total. The van der Waals surface area contributed by atoms with E-state index in [2.05, 4.69) is 44.2 Å². The highest BCUT2D eigenvalue weighted by atomic mass is 31.1. The normalized spacial score (nSPS) is 11.5. The van der Waals surface area contributed by atoms with Crippen molar-refractivity contribution < 1.29 is 9.50 Å². The zero-order valence-corrected chi connectivity index (χ0v) is 15.5. The van der Waals surface area contributed by atoms with Crippen molar-refractivity contribution in [1.29, 1.82) is 0 Å². The summed E-state index contributed by atoms with van der Waals surface area (Å²) >= 11 is 0. The van der Waals surface area contributed by atoms with E-state index in [1.54, 1.807) is 42.7 Å². The topological polar surface area (TPSA) is 88.8 Å². The van der Waals surface area contributed by atoms with Gasteiger partial charge in [0.15, 0.2) is 5.15 Å². The van der Waals surface area contributed by atoms with Gasteiger partial charge in [-0.2, -0.15) is 4.80 Å². The summed E-state index contributed by atoms with van der Waals surface area (Å²) in [6, 6.07) is 8.79. The molecule has 2 atom stereocenters. The minimum absolute atomic E-state index is 0.0677.